The van der Waals surface area contributed by atoms with Crippen LogP contribution in [0.4, 0.5) is 0 Å². The van der Waals surface area contributed by atoms with Crippen molar-refractivity contribution in [1.82, 2.24) is 0 Å². The lowest BCUT2D eigenvalue weighted by atomic mass is 9.35. The van der Waals surface area contributed by atoms with Crippen molar-refractivity contribution >= 4 is 0 Å². The predicted molar refractivity (Wildman–Crippen MR) is 91.7 cm³/mol. The van der Waals surface area contributed by atoms with E-state index in [1.165, 1.54) is 0 Å². The number of aliphatic hydroxyl groups excluding tert-OH is 4. The molecule has 0 aromatic carbocycles. The Bertz CT molecular complexity index is 677. The maximum Gasteiger partial charge on any atom is 0.203 e. The summed E-state index contributed by atoms with van der Waals surface area (Å²) >= 11 is 0. The molecule has 6 fully saturated rings. The summed E-state index contributed by atoms with van der Waals surface area (Å²) in [4.78, 5) is 0. The van der Waals surface area contributed by atoms with Crippen LogP contribution < -0.4 is 0 Å². The molecule has 2 aliphatic heterocycles. The third-order valence-corrected chi connectivity index (χ3v) is 9.12. The van der Waals surface area contributed by atoms with E-state index < -0.39 is 41.0 Å². The first-order valence-corrected chi connectivity index (χ1v) is 9.84. The van der Waals surface area contributed by atoms with Crippen molar-refractivity contribution in [3.8, 4) is 0 Å². The van der Waals surface area contributed by atoms with Gasteiger partial charge in [-0.05, 0) is 42.6 Å². The van der Waals surface area contributed by atoms with Crippen LogP contribution in [0, 0.1) is 34.0 Å². The Morgan fingerprint density at radius 3 is 2.42 bits per heavy atom. The molecule has 2 heterocycles. The quantitative estimate of drug-likeness (QED) is 0.391. The molecule has 0 amide bonds. The normalized spacial score (nSPS) is 62.7. The summed E-state index contributed by atoms with van der Waals surface area (Å²) in [5.74, 6) is -3.06. The SMILES string of the molecule is C=C1[C@@H](O)C23[C@H](O)[C@H]1CC[C@H]2[C@@]12CO[C@]3(O)[C@@H](O)C1C(C)(C)CC[C@@H]2O. The van der Waals surface area contributed by atoms with Crippen LogP contribution >= 0.6 is 0 Å². The second kappa shape index (κ2) is 4.73. The fourth-order valence-electron chi connectivity index (χ4n) is 8.15. The van der Waals surface area contributed by atoms with Crippen molar-refractivity contribution in [2.24, 2.45) is 34.0 Å². The van der Waals surface area contributed by atoms with Gasteiger partial charge in [0.15, 0.2) is 0 Å². The summed E-state index contributed by atoms with van der Waals surface area (Å²) in [7, 11) is 0. The number of fused-ring (bicyclic) bond motifs is 2. The minimum Gasteiger partial charge on any atom is -0.392 e. The van der Waals surface area contributed by atoms with E-state index in [0.717, 1.165) is 6.42 Å². The van der Waals surface area contributed by atoms with Gasteiger partial charge in [0, 0.05) is 17.3 Å². The molecule has 2 spiro atoms. The monoisotopic (exact) mass is 366 g/mol. The summed E-state index contributed by atoms with van der Waals surface area (Å²) in [6, 6.07) is 0. The van der Waals surface area contributed by atoms with Gasteiger partial charge in [-0.15, -0.1) is 0 Å². The Kier molecular flexibility index (Phi) is 3.20. The van der Waals surface area contributed by atoms with Crippen LogP contribution in [0.2, 0.25) is 0 Å². The molecule has 6 heteroatoms. The van der Waals surface area contributed by atoms with E-state index in [-0.39, 0.29) is 29.8 Å². The smallest absolute Gasteiger partial charge is 0.203 e. The lowest BCUT2D eigenvalue weighted by molar-refractivity contribution is -0.476. The molecule has 0 aromatic rings. The standard InChI is InChI=1S/C20H30O6/c1-9-10-4-5-11-18-8-26-20(25,19(11,14(9)22)15(10)23)16(24)13(18)17(2,3)7-6-12(18)21/h10-16,21-25H,1,4-8H2,2-3H3/t10-,11-,12-,13?,14+,15+,16-,18+,19?,20+/m0/s1. The number of aliphatic hydroxyl groups is 5. The Labute approximate surface area is 153 Å². The Morgan fingerprint density at radius 1 is 1.04 bits per heavy atom. The summed E-state index contributed by atoms with van der Waals surface area (Å²) in [5, 5.41) is 56.5. The Morgan fingerprint density at radius 2 is 1.73 bits per heavy atom. The van der Waals surface area contributed by atoms with Crippen molar-refractivity contribution in [2.45, 2.75) is 69.7 Å². The fourth-order valence-corrected chi connectivity index (χ4v) is 8.15. The topological polar surface area (TPSA) is 110 Å². The van der Waals surface area contributed by atoms with Crippen molar-refractivity contribution in [3.63, 3.8) is 0 Å². The van der Waals surface area contributed by atoms with E-state index in [1.54, 1.807) is 0 Å². The van der Waals surface area contributed by atoms with Gasteiger partial charge in [-0.25, -0.2) is 0 Å². The highest BCUT2D eigenvalue weighted by atomic mass is 16.6. The van der Waals surface area contributed by atoms with Crippen molar-refractivity contribution in [3.05, 3.63) is 12.2 Å². The molecule has 26 heavy (non-hydrogen) atoms. The highest BCUT2D eigenvalue weighted by Gasteiger charge is 2.86. The molecule has 4 saturated carbocycles. The van der Waals surface area contributed by atoms with Crippen LogP contribution in [-0.2, 0) is 4.74 Å². The largest absolute Gasteiger partial charge is 0.392 e. The Hall–Kier alpha value is -0.500. The molecule has 5 N–H and O–H groups in total. The minimum atomic E-state index is -2.05. The molecule has 10 atom stereocenters. The van der Waals surface area contributed by atoms with Crippen LogP contribution in [0.5, 0.6) is 0 Å². The van der Waals surface area contributed by atoms with Gasteiger partial charge in [-0.1, -0.05) is 20.4 Å². The van der Waals surface area contributed by atoms with Gasteiger partial charge >= 0.3 is 0 Å². The summed E-state index contributed by atoms with van der Waals surface area (Å²) in [6.07, 6.45) is -1.53. The molecule has 146 valence electrons. The van der Waals surface area contributed by atoms with Gasteiger partial charge in [0.25, 0.3) is 0 Å². The molecule has 4 aliphatic carbocycles. The van der Waals surface area contributed by atoms with Crippen molar-refractivity contribution in [1.29, 1.82) is 0 Å². The number of rotatable bonds is 0. The van der Waals surface area contributed by atoms with Gasteiger partial charge in [0.05, 0.1) is 30.3 Å². The van der Waals surface area contributed by atoms with Gasteiger partial charge in [-0.3, -0.25) is 0 Å². The molecular formula is C20H30O6. The molecule has 6 nitrogen and oxygen atoms in total. The molecule has 2 saturated heterocycles. The second-order valence-electron chi connectivity index (χ2n) is 10.2. The summed E-state index contributed by atoms with van der Waals surface area (Å²) in [6.45, 7) is 8.25. The fraction of sp³-hybridized carbons (Fsp3) is 0.900. The number of hydrogen-bond donors (Lipinski definition) is 5. The molecule has 2 unspecified atom stereocenters. The van der Waals surface area contributed by atoms with Gasteiger partial charge in [-0.2, -0.15) is 0 Å². The zero-order valence-electron chi connectivity index (χ0n) is 15.4. The maximum absolute atomic E-state index is 11.7. The van der Waals surface area contributed by atoms with Gasteiger partial charge in [0.2, 0.25) is 5.79 Å². The van der Waals surface area contributed by atoms with Crippen LogP contribution in [-0.4, -0.2) is 62.3 Å². The van der Waals surface area contributed by atoms with E-state index in [2.05, 4.69) is 20.4 Å². The van der Waals surface area contributed by atoms with E-state index in [1.807, 2.05) is 0 Å². The highest BCUT2D eigenvalue weighted by molar-refractivity contribution is 5.37. The molecular weight excluding hydrogens is 336 g/mol. The minimum absolute atomic E-state index is 0.138. The number of ether oxygens (including phenoxy) is 1. The van der Waals surface area contributed by atoms with Gasteiger partial charge in [0.1, 0.15) is 6.10 Å². The lowest BCUT2D eigenvalue weighted by Crippen LogP contribution is -2.86. The molecule has 4 bridgehead atoms. The molecule has 6 rings (SSSR count). The molecule has 0 radical (unpaired) electrons. The van der Waals surface area contributed by atoms with E-state index in [9.17, 15) is 25.5 Å². The third kappa shape index (κ3) is 1.45. The van der Waals surface area contributed by atoms with E-state index in [4.69, 9.17) is 4.74 Å². The van der Waals surface area contributed by atoms with Crippen LogP contribution in [0.15, 0.2) is 12.2 Å². The highest BCUT2D eigenvalue weighted by Crippen LogP contribution is 2.77. The Balaban J connectivity index is 1.80. The first kappa shape index (κ1) is 17.6. The summed E-state index contributed by atoms with van der Waals surface area (Å²) < 4.78 is 5.86. The van der Waals surface area contributed by atoms with E-state index >= 15 is 0 Å². The molecule has 0 aromatic heterocycles. The van der Waals surface area contributed by atoms with Crippen LogP contribution in [0.1, 0.15) is 39.5 Å². The van der Waals surface area contributed by atoms with Crippen molar-refractivity contribution in [2.75, 3.05) is 6.61 Å². The third-order valence-electron chi connectivity index (χ3n) is 9.12. The predicted octanol–water partition coefficient (Wildman–Crippen LogP) is 0.167. The number of hydrogen-bond acceptors (Lipinski definition) is 6. The first-order chi connectivity index (χ1) is 12.1. The second-order valence-corrected chi connectivity index (χ2v) is 10.2. The van der Waals surface area contributed by atoms with Crippen molar-refractivity contribution < 1.29 is 30.3 Å². The van der Waals surface area contributed by atoms with Gasteiger partial charge < -0.3 is 30.3 Å². The average molecular weight is 366 g/mol. The summed E-state index contributed by atoms with van der Waals surface area (Å²) in [5.41, 5.74) is -2.01. The average Bonchev–Trinajstić information content (AvgIpc) is 2.69. The van der Waals surface area contributed by atoms with E-state index in [0.29, 0.717) is 24.8 Å². The molecule has 6 aliphatic rings. The van der Waals surface area contributed by atoms with Crippen LogP contribution in [0.25, 0.3) is 0 Å². The first-order valence-electron chi connectivity index (χ1n) is 9.84. The maximum atomic E-state index is 11.7. The zero-order chi connectivity index (χ0) is 18.9. The zero-order valence-corrected chi connectivity index (χ0v) is 15.4. The van der Waals surface area contributed by atoms with Crippen LogP contribution in [0.3, 0.4) is 0 Å². The lowest BCUT2D eigenvalue weighted by Gasteiger charge is -2.75.